The van der Waals surface area contributed by atoms with Crippen LogP contribution in [0, 0.1) is 5.41 Å². The van der Waals surface area contributed by atoms with Crippen LogP contribution in [-0.4, -0.2) is 24.9 Å². The van der Waals surface area contributed by atoms with Crippen LogP contribution in [0.1, 0.15) is 48.5 Å². The van der Waals surface area contributed by atoms with Crippen molar-refractivity contribution in [2.24, 2.45) is 5.41 Å². The molecule has 0 unspecified atom stereocenters. The highest BCUT2D eigenvalue weighted by Gasteiger charge is 2.38. The first-order chi connectivity index (χ1) is 6.23. The monoisotopic (exact) mass is 202 g/mol. The van der Waals surface area contributed by atoms with Crippen molar-refractivity contribution in [3.63, 3.8) is 0 Å². The molecule has 0 radical (unpaired) electrons. The zero-order valence-electron chi connectivity index (χ0n) is 10.8. The van der Waals surface area contributed by atoms with Crippen molar-refractivity contribution in [2.75, 3.05) is 13.2 Å². The lowest BCUT2D eigenvalue weighted by atomic mass is 9.77. The van der Waals surface area contributed by atoms with E-state index in [4.69, 9.17) is 9.47 Å². The van der Waals surface area contributed by atoms with Gasteiger partial charge in [0.25, 0.3) is 0 Å². The van der Waals surface area contributed by atoms with Gasteiger partial charge < -0.3 is 9.47 Å². The summed E-state index contributed by atoms with van der Waals surface area (Å²) in [6, 6.07) is 0. The highest BCUT2D eigenvalue weighted by molar-refractivity contribution is 4.87. The Morgan fingerprint density at radius 1 is 1.07 bits per heavy atom. The molecule has 2 heteroatoms. The van der Waals surface area contributed by atoms with Crippen LogP contribution in [0.5, 0.6) is 0 Å². The van der Waals surface area contributed by atoms with Crippen LogP contribution in [0.3, 0.4) is 0 Å². The quantitative estimate of drug-likeness (QED) is 0.658. The molecule has 0 saturated heterocycles. The average molecular weight is 202 g/mol. The van der Waals surface area contributed by atoms with Gasteiger partial charge in [0.2, 0.25) is 0 Å². The van der Waals surface area contributed by atoms with Crippen molar-refractivity contribution in [3.8, 4) is 0 Å². The lowest BCUT2D eigenvalue weighted by molar-refractivity contribution is -0.128. The molecule has 0 aliphatic rings. The summed E-state index contributed by atoms with van der Waals surface area (Å²) < 4.78 is 11.4. The van der Waals surface area contributed by atoms with Gasteiger partial charge in [0.1, 0.15) is 0 Å². The topological polar surface area (TPSA) is 18.5 Å². The van der Waals surface area contributed by atoms with E-state index in [9.17, 15) is 0 Å². The van der Waals surface area contributed by atoms with Gasteiger partial charge in [0, 0.05) is 12.0 Å². The summed E-state index contributed by atoms with van der Waals surface area (Å²) in [7, 11) is 0. The highest BCUT2D eigenvalue weighted by Crippen LogP contribution is 2.34. The molecule has 0 aliphatic heterocycles. The summed E-state index contributed by atoms with van der Waals surface area (Å²) in [5.41, 5.74) is -0.107. The van der Waals surface area contributed by atoms with Gasteiger partial charge in [-0.15, -0.1) is 0 Å². The van der Waals surface area contributed by atoms with Crippen LogP contribution in [0.4, 0.5) is 0 Å². The molecule has 0 amide bonds. The van der Waals surface area contributed by atoms with E-state index in [0.717, 1.165) is 13.2 Å². The maximum atomic E-state index is 5.75. The Morgan fingerprint density at radius 3 is 1.93 bits per heavy atom. The van der Waals surface area contributed by atoms with Gasteiger partial charge in [-0.25, -0.2) is 0 Å². The third kappa shape index (κ3) is 3.97. The highest BCUT2D eigenvalue weighted by atomic mass is 16.5. The van der Waals surface area contributed by atoms with Gasteiger partial charge in [0.15, 0.2) is 0 Å². The van der Waals surface area contributed by atoms with Crippen molar-refractivity contribution in [3.05, 3.63) is 0 Å². The molecule has 2 nitrogen and oxygen atoms in total. The van der Waals surface area contributed by atoms with E-state index in [-0.39, 0.29) is 17.1 Å². The summed E-state index contributed by atoms with van der Waals surface area (Å²) in [4.78, 5) is 0. The van der Waals surface area contributed by atoms with Crippen molar-refractivity contribution in [1.29, 1.82) is 0 Å². The summed E-state index contributed by atoms with van der Waals surface area (Å²) >= 11 is 0. The second-order valence-electron chi connectivity index (χ2n) is 5.19. The van der Waals surface area contributed by atoms with E-state index in [2.05, 4.69) is 41.5 Å². The number of hydrogen-bond donors (Lipinski definition) is 0. The number of ether oxygens (including phenoxy) is 2. The van der Waals surface area contributed by atoms with Crippen molar-refractivity contribution in [1.82, 2.24) is 0 Å². The molecule has 0 aliphatic carbocycles. The summed E-state index contributed by atoms with van der Waals surface area (Å²) in [5.74, 6) is 0. The van der Waals surface area contributed by atoms with Crippen molar-refractivity contribution < 1.29 is 9.47 Å². The first-order valence-electron chi connectivity index (χ1n) is 5.48. The van der Waals surface area contributed by atoms with E-state index in [1.165, 1.54) is 0 Å². The smallest absolute Gasteiger partial charge is 0.0698 e. The van der Waals surface area contributed by atoms with Gasteiger partial charge in [0.05, 0.1) is 18.3 Å². The van der Waals surface area contributed by atoms with Gasteiger partial charge in [-0.1, -0.05) is 13.8 Å². The van der Waals surface area contributed by atoms with Gasteiger partial charge >= 0.3 is 0 Å². The molecule has 0 bridgehead atoms. The van der Waals surface area contributed by atoms with Crippen LogP contribution in [0.2, 0.25) is 0 Å². The van der Waals surface area contributed by atoms with Crippen LogP contribution >= 0.6 is 0 Å². The molecular formula is C12H26O2. The standard InChI is InChI=1S/C12H26O2/c1-8-14-12(6,7)11(4,5)9-13-10(2)3/h10H,8-9H2,1-7H3. The molecule has 0 aromatic carbocycles. The Morgan fingerprint density at radius 2 is 1.57 bits per heavy atom. The number of rotatable bonds is 6. The Hall–Kier alpha value is -0.0800. The molecule has 14 heavy (non-hydrogen) atoms. The molecule has 0 saturated carbocycles. The minimum Gasteiger partial charge on any atom is -0.378 e. The van der Waals surface area contributed by atoms with E-state index in [1.54, 1.807) is 0 Å². The molecule has 0 aromatic heterocycles. The van der Waals surface area contributed by atoms with Gasteiger partial charge in [-0.3, -0.25) is 0 Å². The molecule has 0 N–H and O–H groups in total. The Labute approximate surface area is 89.0 Å². The molecule has 0 rings (SSSR count). The minimum atomic E-state index is -0.142. The van der Waals surface area contributed by atoms with Crippen LogP contribution in [0.25, 0.3) is 0 Å². The predicted octanol–water partition coefficient (Wildman–Crippen LogP) is 3.25. The minimum absolute atomic E-state index is 0.0350. The van der Waals surface area contributed by atoms with Crippen LogP contribution in [0.15, 0.2) is 0 Å². The first kappa shape index (κ1) is 13.9. The van der Waals surface area contributed by atoms with Crippen LogP contribution < -0.4 is 0 Å². The SMILES string of the molecule is CCOC(C)(C)C(C)(C)COC(C)C. The third-order valence-corrected chi connectivity index (χ3v) is 2.91. The average Bonchev–Trinajstić information content (AvgIpc) is 2.00. The fraction of sp³-hybridized carbons (Fsp3) is 1.00. The lowest BCUT2D eigenvalue weighted by Crippen LogP contribution is -2.45. The number of hydrogen-bond acceptors (Lipinski definition) is 2. The Balaban J connectivity index is 4.27. The lowest BCUT2D eigenvalue weighted by Gasteiger charge is -2.41. The summed E-state index contributed by atoms with van der Waals surface area (Å²) in [5, 5.41) is 0. The van der Waals surface area contributed by atoms with E-state index >= 15 is 0 Å². The summed E-state index contributed by atoms with van der Waals surface area (Å²) in [6.07, 6.45) is 0.284. The van der Waals surface area contributed by atoms with Gasteiger partial charge in [-0.05, 0) is 34.6 Å². The summed E-state index contributed by atoms with van der Waals surface area (Å²) in [6.45, 7) is 16.3. The second kappa shape index (κ2) is 5.13. The van der Waals surface area contributed by atoms with E-state index in [0.29, 0.717) is 0 Å². The fourth-order valence-corrected chi connectivity index (χ4v) is 1.11. The second-order valence-corrected chi connectivity index (χ2v) is 5.19. The molecule has 86 valence electrons. The molecule has 0 aromatic rings. The van der Waals surface area contributed by atoms with E-state index in [1.807, 2.05) is 6.92 Å². The zero-order valence-corrected chi connectivity index (χ0v) is 10.8. The molecule has 0 heterocycles. The zero-order chi connectivity index (χ0) is 11.4. The predicted molar refractivity (Wildman–Crippen MR) is 60.6 cm³/mol. The normalized spacial score (nSPS) is 13.7. The molecular weight excluding hydrogens is 176 g/mol. The maximum absolute atomic E-state index is 5.75. The van der Waals surface area contributed by atoms with Crippen molar-refractivity contribution in [2.45, 2.75) is 60.2 Å². The Bertz CT molecular complexity index is 160. The van der Waals surface area contributed by atoms with Crippen LogP contribution in [-0.2, 0) is 9.47 Å². The third-order valence-electron chi connectivity index (χ3n) is 2.91. The molecule has 0 spiro atoms. The molecule has 0 fully saturated rings. The fourth-order valence-electron chi connectivity index (χ4n) is 1.11. The Kier molecular flexibility index (Phi) is 5.10. The largest absolute Gasteiger partial charge is 0.378 e. The van der Waals surface area contributed by atoms with Crippen molar-refractivity contribution >= 4 is 0 Å². The van der Waals surface area contributed by atoms with Gasteiger partial charge in [-0.2, -0.15) is 0 Å². The van der Waals surface area contributed by atoms with E-state index < -0.39 is 0 Å². The molecule has 0 atom stereocenters. The maximum Gasteiger partial charge on any atom is 0.0698 e. The first-order valence-corrected chi connectivity index (χ1v) is 5.48.